The summed E-state index contributed by atoms with van der Waals surface area (Å²) >= 11 is 3.49. The molecule has 0 heterocycles. The molecule has 0 amide bonds. The molecular weight excluding hydrogens is 322 g/mol. The number of nitrogens with one attached hydrogen (secondary N) is 1. The van der Waals surface area contributed by atoms with Crippen LogP contribution in [-0.4, -0.2) is 57.6 Å². The molecule has 0 bridgehead atoms. The highest BCUT2D eigenvalue weighted by Crippen LogP contribution is 2.05. The minimum absolute atomic E-state index is 0.509. The maximum atomic E-state index is 5.50. The van der Waals surface area contributed by atoms with Crippen LogP contribution in [0.2, 0.25) is 0 Å². The van der Waals surface area contributed by atoms with Crippen LogP contribution in [0.15, 0.2) is 0 Å². The quantitative estimate of drug-likeness (QED) is 0.363. The van der Waals surface area contributed by atoms with Crippen molar-refractivity contribution in [2.24, 2.45) is 5.92 Å². The summed E-state index contributed by atoms with van der Waals surface area (Å²) in [6.07, 6.45) is 2.30. The molecule has 0 aliphatic carbocycles. The van der Waals surface area contributed by atoms with E-state index in [-0.39, 0.29) is 0 Å². The molecular formula is C15H32BrNO3. The van der Waals surface area contributed by atoms with Crippen LogP contribution in [-0.2, 0) is 14.2 Å². The Morgan fingerprint density at radius 1 is 0.900 bits per heavy atom. The number of alkyl halides is 1. The average Bonchev–Trinajstić information content (AvgIpc) is 2.47. The summed E-state index contributed by atoms with van der Waals surface area (Å²) in [7, 11) is 0. The van der Waals surface area contributed by atoms with Gasteiger partial charge in [0.15, 0.2) is 0 Å². The van der Waals surface area contributed by atoms with Gasteiger partial charge < -0.3 is 19.5 Å². The van der Waals surface area contributed by atoms with E-state index in [1.165, 1.54) is 6.42 Å². The Hall–Kier alpha value is 0.320. The molecule has 0 saturated heterocycles. The molecule has 2 atom stereocenters. The normalized spacial score (nSPS) is 14.4. The van der Waals surface area contributed by atoms with Gasteiger partial charge in [-0.05, 0) is 19.3 Å². The van der Waals surface area contributed by atoms with Crippen molar-refractivity contribution >= 4 is 15.9 Å². The lowest BCUT2D eigenvalue weighted by Gasteiger charge is -2.19. The van der Waals surface area contributed by atoms with Gasteiger partial charge in [0.1, 0.15) is 0 Å². The molecule has 0 fully saturated rings. The highest BCUT2D eigenvalue weighted by atomic mass is 79.9. The molecule has 2 unspecified atom stereocenters. The number of hydrogen-bond donors (Lipinski definition) is 1. The molecule has 1 N–H and O–H groups in total. The molecule has 0 aromatic rings. The van der Waals surface area contributed by atoms with Gasteiger partial charge in [-0.2, -0.15) is 0 Å². The topological polar surface area (TPSA) is 39.7 Å². The van der Waals surface area contributed by atoms with Gasteiger partial charge in [-0.15, -0.1) is 0 Å². The van der Waals surface area contributed by atoms with Gasteiger partial charge in [0, 0.05) is 24.5 Å². The van der Waals surface area contributed by atoms with Crippen LogP contribution in [0.4, 0.5) is 0 Å². The number of halogens is 1. The fourth-order valence-corrected chi connectivity index (χ4v) is 2.04. The number of rotatable bonds is 15. The van der Waals surface area contributed by atoms with Gasteiger partial charge >= 0.3 is 0 Å². The third-order valence-electron chi connectivity index (χ3n) is 3.20. The maximum absolute atomic E-state index is 5.50. The summed E-state index contributed by atoms with van der Waals surface area (Å²) in [5.74, 6) is 0.631. The highest BCUT2D eigenvalue weighted by Gasteiger charge is 2.08. The fraction of sp³-hybridized carbons (Fsp3) is 1.00. The van der Waals surface area contributed by atoms with Crippen molar-refractivity contribution in [3.8, 4) is 0 Å². The molecule has 4 nitrogen and oxygen atoms in total. The molecule has 0 radical (unpaired) electrons. The van der Waals surface area contributed by atoms with E-state index in [4.69, 9.17) is 14.2 Å². The Morgan fingerprint density at radius 2 is 1.45 bits per heavy atom. The zero-order chi connectivity index (χ0) is 15.1. The van der Waals surface area contributed by atoms with E-state index in [2.05, 4.69) is 42.0 Å². The minimum Gasteiger partial charge on any atom is -0.379 e. The first-order valence-electron chi connectivity index (χ1n) is 7.74. The average molecular weight is 354 g/mol. The molecule has 0 spiro atoms. The number of unbranched alkanes of at least 4 members (excludes halogenated alkanes) is 1. The first-order valence-corrected chi connectivity index (χ1v) is 8.87. The summed E-state index contributed by atoms with van der Waals surface area (Å²) < 4.78 is 16.3. The van der Waals surface area contributed by atoms with E-state index in [1.807, 2.05) is 0 Å². The van der Waals surface area contributed by atoms with Gasteiger partial charge in [0.05, 0.1) is 33.0 Å². The molecule has 20 heavy (non-hydrogen) atoms. The summed E-state index contributed by atoms with van der Waals surface area (Å²) in [5, 5.41) is 4.47. The molecule has 0 rings (SSSR count). The van der Waals surface area contributed by atoms with Crippen LogP contribution in [0.1, 0.15) is 33.6 Å². The Bertz CT molecular complexity index is 196. The van der Waals surface area contributed by atoms with Gasteiger partial charge in [0.25, 0.3) is 0 Å². The summed E-state index contributed by atoms with van der Waals surface area (Å²) in [5.41, 5.74) is 0. The van der Waals surface area contributed by atoms with Gasteiger partial charge in [0.2, 0.25) is 0 Å². The Morgan fingerprint density at radius 3 is 2.00 bits per heavy atom. The van der Waals surface area contributed by atoms with Crippen molar-refractivity contribution in [2.75, 3.05) is 51.5 Å². The van der Waals surface area contributed by atoms with Crippen molar-refractivity contribution in [3.05, 3.63) is 0 Å². The van der Waals surface area contributed by atoms with Crippen molar-refractivity contribution in [1.82, 2.24) is 5.32 Å². The predicted molar refractivity (Wildman–Crippen MR) is 87.8 cm³/mol. The van der Waals surface area contributed by atoms with Crippen LogP contribution in [0.25, 0.3) is 0 Å². The van der Waals surface area contributed by atoms with Crippen LogP contribution in [0, 0.1) is 5.92 Å². The molecule has 0 aromatic carbocycles. The largest absolute Gasteiger partial charge is 0.379 e. The van der Waals surface area contributed by atoms with E-state index in [0.717, 1.165) is 31.5 Å². The highest BCUT2D eigenvalue weighted by molar-refractivity contribution is 9.09. The number of hydrogen-bond acceptors (Lipinski definition) is 4. The Labute approximate surface area is 133 Å². The predicted octanol–water partition coefficient (Wildman–Crippen LogP) is 2.85. The van der Waals surface area contributed by atoms with E-state index >= 15 is 0 Å². The lowest BCUT2D eigenvalue weighted by atomic mass is 10.1. The van der Waals surface area contributed by atoms with Gasteiger partial charge in [-0.1, -0.05) is 36.2 Å². The Balaban J connectivity index is 3.10. The minimum atomic E-state index is 0.509. The van der Waals surface area contributed by atoms with Crippen LogP contribution < -0.4 is 5.32 Å². The number of ether oxygens (including phenoxy) is 3. The summed E-state index contributed by atoms with van der Waals surface area (Å²) in [6, 6.07) is 0.509. The monoisotopic (exact) mass is 353 g/mol. The fourth-order valence-electron chi connectivity index (χ4n) is 1.48. The lowest BCUT2D eigenvalue weighted by molar-refractivity contribution is 0.0143. The second kappa shape index (κ2) is 15.7. The summed E-state index contributed by atoms with van der Waals surface area (Å²) in [6.45, 7) is 11.7. The second-order valence-electron chi connectivity index (χ2n) is 5.07. The van der Waals surface area contributed by atoms with Gasteiger partial charge in [-0.25, -0.2) is 0 Å². The Kier molecular flexibility index (Phi) is 16.0. The van der Waals surface area contributed by atoms with Crippen molar-refractivity contribution in [2.45, 2.75) is 39.7 Å². The van der Waals surface area contributed by atoms with Gasteiger partial charge in [-0.3, -0.25) is 0 Å². The van der Waals surface area contributed by atoms with E-state index < -0.39 is 0 Å². The third kappa shape index (κ3) is 13.3. The zero-order valence-electron chi connectivity index (χ0n) is 13.3. The molecule has 0 aliphatic heterocycles. The molecule has 0 aromatic heterocycles. The van der Waals surface area contributed by atoms with Crippen LogP contribution >= 0.6 is 15.9 Å². The van der Waals surface area contributed by atoms with Crippen LogP contribution in [0.3, 0.4) is 0 Å². The maximum Gasteiger partial charge on any atom is 0.0701 e. The zero-order valence-corrected chi connectivity index (χ0v) is 14.9. The second-order valence-corrected chi connectivity index (χ2v) is 5.71. The summed E-state index contributed by atoms with van der Waals surface area (Å²) in [4.78, 5) is 0. The molecule has 5 heteroatoms. The third-order valence-corrected chi connectivity index (χ3v) is 4.22. The first kappa shape index (κ1) is 20.3. The van der Waals surface area contributed by atoms with Crippen molar-refractivity contribution < 1.29 is 14.2 Å². The molecule has 0 aliphatic rings. The van der Waals surface area contributed by atoms with E-state index in [1.54, 1.807) is 0 Å². The smallest absolute Gasteiger partial charge is 0.0701 e. The van der Waals surface area contributed by atoms with E-state index in [9.17, 15) is 0 Å². The van der Waals surface area contributed by atoms with Crippen molar-refractivity contribution in [1.29, 1.82) is 0 Å². The van der Waals surface area contributed by atoms with Crippen molar-refractivity contribution in [3.63, 3.8) is 0 Å². The molecule has 0 saturated carbocycles. The lowest BCUT2D eigenvalue weighted by Crippen LogP contribution is -2.35. The SMILES string of the molecule is CCCCOCCOCCOCCNC(C)C(C)CBr. The van der Waals surface area contributed by atoms with E-state index in [0.29, 0.717) is 38.4 Å². The van der Waals surface area contributed by atoms with Crippen LogP contribution in [0.5, 0.6) is 0 Å². The standard InChI is InChI=1S/C15H32BrNO3/c1-4-5-7-18-9-11-20-12-10-19-8-6-17-15(3)14(2)13-16/h14-15,17H,4-13H2,1-3H3. The molecule has 122 valence electrons. The first-order chi connectivity index (χ1) is 9.72.